The van der Waals surface area contributed by atoms with Gasteiger partial charge in [0.1, 0.15) is 0 Å². The van der Waals surface area contributed by atoms with Crippen molar-refractivity contribution in [2.45, 2.75) is 58.3 Å². The standard InChI is InChI=1S/C25H31N5O3S/c1-15-14-32-9-8-30(15)20-12-27-29-19-7-6-16(10-17(19)20)21-13-26-23(34-21)28-22(31)18-11-24(2,3)33-25(18,4)5/h6-7,10,12-13,15,18H,8-9,11,14H2,1-5H3,(H,26,28,31)/t15-,18?/m1/s1. The van der Waals surface area contributed by atoms with Gasteiger partial charge in [-0.15, -0.1) is 0 Å². The summed E-state index contributed by atoms with van der Waals surface area (Å²) in [5.41, 5.74) is 2.12. The van der Waals surface area contributed by atoms with Crippen LogP contribution in [0.3, 0.4) is 0 Å². The lowest BCUT2D eigenvalue weighted by molar-refractivity contribution is -0.126. The predicted octanol–water partition coefficient (Wildman–Crippen LogP) is 4.51. The van der Waals surface area contributed by atoms with E-state index < -0.39 is 5.60 Å². The summed E-state index contributed by atoms with van der Waals surface area (Å²) in [6, 6.07) is 6.42. The van der Waals surface area contributed by atoms with E-state index in [-0.39, 0.29) is 23.5 Å². The largest absolute Gasteiger partial charge is 0.377 e. The van der Waals surface area contributed by atoms with E-state index in [0.717, 1.165) is 33.6 Å². The molecule has 2 fully saturated rings. The number of carbonyl (C=O) groups is 1. The Hall–Kier alpha value is -2.62. The van der Waals surface area contributed by atoms with E-state index in [2.05, 4.69) is 38.4 Å². The van der Waals surface area contributed by atoms with E-state index in [9.17, 15) is 4.79 Å². The molecule has 2 atom stereocenters. The molecule has 1 amide bonds. The minimum atomic E-state index is -0.514. The molecule has 5 rings (SSSR count). The molecule has 3 aromatic rings. The van der Waals surface area contributed by atoms with Crippen molar-refractivity contribution in [2.75, 3.05) is 30.0 Å². The van der Waals surface area contributed by atoms with Gasteiger partial charge in [0, 0.05) is 24.2 Å². The summed E-state index contributed by atoms with van der Waals surface area (Å²) in [7, 11) is 0. The van der Waals surface area contributed by atoms with Gasteiger partial charge >= 0.3 is 0 Å². The third kappa shape index (κ3) is 4.39. The number of nitrogens with one attached hydrogen (secondary N) is 1. The van der Waals surface area contributed by atoms with Crippen LogP contribution >= 0.6 is 11.3 Å². The first-order valence-electron chi connectivity index (χ1n) is 11.7. The number of amides is 1. The Labute approximate surface area is 203 Å². The third-order valence-corrected chi connectivity index (χ3v) is 7.67. The van der Waals surface area contributed by atoms with Gasteiger partial charge in [-0.2, -0.15) is 10.2 Å². The van der Waals surface area contributed by atoms with E-state index in [1.165, 1.54) is 11.3 Å². The zero-order valence-electron chi connectivity index (χ0n) is 20.3. The smallest absolute Gasteiger partial charge is 0.232 e. The van der Waals surface area contributed by atoms with Crippen molar-refractivity contribution in [3.05, 3.63) is 30.6 Å². The fourth-order valence-corrected chi connectivity index (χ4v) is 5.95. The van der Waals surface area contributed by atoms with Crippen LogP contribution in [-0.2, 0) is 14.3 Å². The SMILES string of the molecule is C[C@@H]1COCCN1c1cnnc2ccc(-c3cnc(NC(=O)C4CC(C)(C)OC4(C)C)s3)cc12. The lowest BCUT2D eigenvalue weighted by Crippen LogP contribution is -2.43. The zero-order chi connectivity index (χ0) is 24.1. The minimum absolute atomic E-state index is 0.0474. The van der Waals surface area contributed by atoms with E-state index in [0.29, 0.717) is 24.8 Å². The molecule has 1 unspecified atom stereocenters. The van der Waals surface area contributed by atoms with Crippen LogP contribution in [0, 0.1) is 5.92 Å². The lowest BCUT2D eigenvalue weighted by atomic mass is 9.87. The summed E-state index contributed by atoms with van der Waals surface area (Å²) < 4.78 is 11.7. The molecule has 2 aliphatic heterocycles. The van der Waals surface area contributed by atoms with E-state index in [1.54, 1.807) is 0 Å². The molecule has 1 aromatic carbocycles. The maximum Gasteiger partial charge on any atom is 0.232 e. The molecule has 4 heterocycles. The highest BCUT2D eigenvalue weighted by molar-refractivity contribution is 7.19. The number of anilines is 2. The number of benzene rings is 1. The highest BCUT2D eigenvalue weighted by Gasteiger charge is 2.49. The molecular weight excluding hydrogens is 450 g/mol. The molecule has 2 saturated heterocycles. The number of fused-ring (bicyclic) bond motifs is 1. The van der Waals surface area contributed by atoms with Crippen molar-refractivity contribution in [1.82, 2.24) is 15.2 Å². The molecule has 9 heteroatoms. The Morgan fingerprint density at radius 3 is 2.79 bits per heavy atom. The zero-order valence-corrected chi connectivity index (χ0v) is 21.1. The lowest BCUT2D eigenvalue weighted by Gasteiger charge is -2.35. The van der Waals surface area contributed by atoms with Gasteiger partial charge in [0.15, 0.2) is 5.13 Å². The van der Waals surface area contributed by atoms with Crippen molar-refractivity contribution in [3.8, 4) is 10.4 Å². The summed E-state index contributed by atoms with van der Waals surface area (Å²) >= 11 is 1.47. The van der Waals surface area contributed by atoms with Crippen LogP contribution in [0.2, 0.25) is 0 Å². The van der Waals surface area contributed by atoms with Crippen molar-refractivity contribution < 1.29 is 14.3 Å². The van der Waals surface area contributed by atoms with E-state index in [1.807, 2.05) is 52.2 Å². The number of aromatic nitrogens is 3. The first-order valence-corrected chi connectivity index (χ1v) is 12.5. The fraction of sp³-hybridized carbons (Fsp3) is 0.520. The van der Waals surface area contributed by atoms with E-state index in [4.69, 9.17) is 9.47 Å². The van der Waals surface area contributed by atoms with Crippen molar-refractivity contribution in [1.29, 1.82) is 0 Å². The molecule has 2 aromatic heterocycles. The summed E-state index contributed by atoms with van der Waals surface area (Å²) in [6.45, 7) is 12.4. The van der Waals surface area contributed by atoms with Crippen LogP contribution in [0.5, 0.6) is 0 Å². The monoisotopic (exact) mass is 481 g/mol. The number of morpholine rings is 1. The molecule has 180 valence electrons. The molecule has 0 aliphatic carbocycles. The first-order chi connectivity index (χ1) is 16.1. The van der Waals surface area contributed by atoms with Crippen molar-refractivity contribution >= 4 is 39.0 Å². The summed E-state index contributed by atoms with van der Waals surface area (Å²) in [6.07, 6.45) is 4.32. The number of ether oxygens (including phenoxy) is 2. The molecule has 0 saturated carbocycles. The Balaban J connectivity index is 1.40. The average Bonchev–Trinajstić information content (AvgIpc) is 3.33. The second kappa shape index (κ2) is 8.55. The topological polar surface area (TPSA) is 89.5 Å². The summed E-state index contributed by atoms with van der Waals surface area (Å²) in [5, 5.41) is 13.2. The van der Waals surface area contributed by atoms with Crippen LogP contribution in [0.4, 0.5) is 10.8 Å². The van der Waals surface area contributed by atoms with Gasteiger partial charge in [-0.1, -0.05) is 17.4 Å². The summed E-state index contributed by atoms with van der Waals surface area (Å²) in [5.74, 6) is -0.277. The van der Waals surface area contributed by atoms with Gasteiger partial charge in [-0.3, -0.25) is 4.79 Å². The Morgan fingerprint density at radius 1 is 1.24 bits per heavy atom. The van der Waals surface area contributed by atoms with Crippen LogP contribution in [0.15, 0.2) is 30.6 Å². The normalized spacial score (nSPS) is 23.9. The Bertz CT molecular complexity index is 1220. The maximum absolute atomic E-state index is 13.0. The number of nitrogens with zero attached hydrogens (tertiary/aromatic N) is 4. The molecule has 8 nitrogen and oxygen atoms in total. The Kier molecular flexibility index (Phi) is 5.82. The molecule has 0 spiro atoms. The number of carbonyl (C=O) groups excluding carboxylic acids is 1. The predicted molar refractivity (Wildman–Crippen MR) is 134 cm³/mol. The number of hydrogen-bond acceptors (Lipinski definition) is 8. The molecule has 0 radical (unpaired) electrons. The van der Waals surface area contributed by atoms with Gasteiger partial charge in [0.25, 0.3) is 0 Å². The second-order valence-electron chi connectivity index (χ2n) is 10.3. The maximum atomic E-state index is 13.0. The fourth-order valence-electron chi connectivity index (χ4n) is 5.14. The molecule has 2 aliphatic rings. The number of hydrogen-bond donors (Lipinski definition) is 1. The van der Waals surface area contributed by atoms with Gasteiger partial charge in [-0.25, -0.2) is 4.98 Å². The molecule has 0 bridgehead atoms. The number of thiazole rings is 1. The minimum Gasteiger partial charge on any atom is -0.377 e. The second-order valence-corrected chi connectivity index (χ2v) is 11.4. The van der Waals surface area contributed by atoms with Crippen molar-refractivity contribution in [2.24, 2.45) is 5.92 Å². The molecular formula is C25H31N5O3S. The Morgan fingerprint density at radius 2 is 2.06 bits per heavy atom. The highest BCUT2D eigenvalue weighted by Crippen LogP contribution is 2.43. The van der Waals surface area contributed by atoms with Gasteiger partial charge in [0.2, 0.25) is 5.91 Å². The van der Waals surface area contributed by atoms with Gasteiger partial charge in [0.05, 0.1) is 52.6 Å². The van der Waals surface area contributed by atoms with E-state index >= 15 is 0 Å². The summed E-state index contributed by atoms with van der Waals surface area (Å²) in [4.78, 5) is 20.8. The van der Waals surface area contributed by atoms with Crippen LogP contribution in [-0.4, -0.2) is 58.1 Å². The number of rotatable bonds is 4. The third-order valence-electron chi connectivity index (χ3n) is 6.71. The quantitative estimate of drug-likeness (QED) is 0.586. The van der Waals surface area contributed by atoms with Crippen LogP contribution in [0.25, 0.3) is 21.3 Å². The molecule has 34 heavy (non-hydrogen) atoms. The highest BCUT2D eigenvalue weighted by atomic mass is 32.1. The van der Waals surface area contributed by atoms with Crippen molar-refractivity contribution in [3.63, 3.8) is 0 Å². The van der Waals surface area contributed by atoms with Crippen LogP contribution in [0.1, 0.15) is 41.0 Å². The average molecular weight is 482 g/mol. The van der Waals surface area contributed by atoms with Gasteiger partial charge in [-0.05, 0) is 58.7 Å². The first kappa shape index (κ1) is 23.1. The van der Waals surface area contributed by atoms with Crippen LogP contribution < -0.4 is 10.2 Å². The van der Waals surface area contributed by atoms with Gasteiger partial charge < -0.3 is 19.7 Å². The molecule has 1 N–H and O–H groups in total.